The van der Waals surface area contributed by atoms with Crippen LogP contribution in [0.3, 0.4) is 0 Å². The standard InChI is InChI=1S/C9H13BN2O4/c11-10-7-4-16-9(15)12(7)8(14)3-5-1-6(13)2-5/h5-7,11,13H,1-4H2/t5?,6?,7-/m1/s1. The van der Waals surface area contributed by atoms with Crippen molar-refractivity contribution < 1.29 is 19.4 Å². The number of nitrogens with zero attached hydrogens (tertiary/aromatic N) is 1. The molecule has 0 aromatic carbocycles. The number of hydrogen-bond acceptors (Lipinski definition) is 5. The van der Waals surface area contributed by atoms with Crippen LogP contribution >= 0.6 is 0 Å². The Bertz CT molecular complexity index is 329. The molecule has 0 unspecified atom stereocenters. The first-order valence-electron chi connectivity index (χ1n) is 5.29. The number of rotatable bonds is 3. The van der Waals surface area contributed by atoms with E-state index in [0.29, 0.717) is 12.8 Å². The summed E-state index contributed by atoms with van der Waals surface area (Å²) < 4.78 is 4.71. The molecule has 0 aromatic rings. The normalized spacial score (nSPS) is 32.9. The molecule has 1 saturated heterocycles. The number of aliphatic hydroxyl groups excluding tert-OH is 1. The summed E-state index contributed by atoms with van der Waals surface area (Å²) >= 11 is 0. The van der Waals surface area contributed by atoms with Gasteiger partial charge in [-0.05, 0) is 0 Å². The molecule has 1 aliphatic heterocycles. The van der Waals surface area contributed by atoms with Crippen LogP contribution in [0.5, 0.6) is 0 Å². The van der Waals surface area contributed by atoms with E-state index in [9.17, 15) is 9.59 Å². The summed E-state index contributed by atoms with van der Waals surface area (Å²) in [5, 5.41) is 16.2. The first kappa shape index (κ1) is 11.3. The van der Waals surface area contributed by atoms with Gasteiger partial charge in [-0.15, -0.1) is 0 Å². The molecule has 2 amide bonds. The van der Waals surface area contributed by atoms with Gasteiger partial charge in [0.05, 0.1) is 0 Å². The van der Waals surface area contributed by atoms with Crippen LogP contribution in [-0.2, 0) is 9.53 Å². The first-order chi connectivity index (χ1) is 7.61. The Balaban J connectivity index is 1.92. The van der Waals surface area contributed by atoms with Gasteiger partial charge in [-0.2, -0.15) is 0 Å². The molecule has 6 nitrogen and oxygen atoms in total. The van der Waals surface area contributed by atoms with Crippen molar-refractivity contribution >= 4 is 19.1 Å². The molecule has 1 heterocycles. The number of imide groups is 1. The topological polar surface area (TPSA) is 90.7 Å². The van der Waals surface area contributed by atoms with Crippen molar-refractivity contribution in [2.75, 3.05) is 6.61 Å². The van der Waals surface area contributed by atoms with E-state index >= 15 is 0 Å². The van der Waals surface area contributed by atoms with E-state index < -0.39 is 12.0 Å². The second kappa shape index (κ2) is 4.33. The molecule has 2 rings (SSSR count). The van der Waals surface area contributed by atoms with Crippen LogP contribution in [0, 0.1) is 11.2 Å². The number of carbonyl (C=O) groups is 2. The van der Waals surface area contributed by atoms with Crippen molar-refractivity contribution in [1.29, 1.82) is 5.31 Å². The summed E-state index contributed by atoms with van der Waals surface area (Å²) in [6, 6.07) is 0. The maximum absolute atomic E-state index is 11.8. The Kier molecular flexibility index (Phi) is 3.04. The molecular weight excluding hydrogens is 211 g/mol. The first-order valence-corrected chi connectivity index (χ1v) is 5.29. The van der Waals surface area contributed by atoms with Crippen LogP contribution in [0.2, 0.25) is 0 Å². The fraction of sp³-hybridized carbons (Fsp3) is 0.778. The Labute approximate surface area is 93.3 Å². The molecule has 1 aliphatic carbocycles. The summed E-state index contributed by atoms with van der Waals surface area (Å²) in [6.45, 7) is 0.0708. The van der Waals surface area contributed by atoms with Gasteiger partial charge in [0.2, 0.25) is 0 Å². The van der Waals surface area contributed by atoms with E-state index in [4.69, 9.17) is 15.2 Å². The zero-order valence-electron chi connectivity index (χ0n) is 8.76. The van der Waals surface area contributed by atoms with Crippen molar-refractivity contribution in [2.45, 2.75) is 31.3 Å². The third kappa shape index (κ3) is 1.99. The number of ether oxygens (including phenoxy) is 1. The molecule has 0 aromatic heterocycles. The molecule has 0 spiro atoms. The average molecular weight is 224 g/mol. The number of amides is 2. The van der Waals surface area contributed by atoms with Gasteiger partial charge < -0.3 is 0 Å². The van der Waals surface area contributed by atoms with E-state index in [2.05, 4.69) is 0 Å². The molecule has 86 valence electrons. The van der Waals surface area contributed by atoms with E-state index in [1.165, 1.54) is 0 Å². The number of aliphatic hydroxyl groups is 1. The van der Waals surface area contributed by atoms with Gasteiger partial charge in [-0.25, -0.2) is 0 Å². The van der Waals surface area contributed by atoms with E-state index in [1.54, 1.807) is 0 Å². The minimum absolute atomic E-state index is 0.0708. The fourth-order valence-corrected chi connectivity index (χ4v) is 2.06. The molecule has 7 heteroatoms. The summed E-state index contributed by atoms with van der Waals surface area (Å²) in [6.07, 6.45) is 0.504. The van der Waals surface area contributed by atoms with Gasteiger partial charge in [-0.3, -0.25) is 0 Å². The summed E-state index contributed by atoms with van der Waals surface area (Å²) in [5.74, 6) is -0.722. The fourth-order valence-electron chi connectivity index (χ4n) is 2.06. The van der Waals surface area contributed by atoms with Gasteiger partial charge in [0, 0.05) is 0 Å². The van der Waals surface area contributed by atoms with Crippen molar-refractivity contribution in [3.05, 3.63) is 0 Å². The number of nitrogens with one attached hydrogen (secondary N) is 1. The van der Waals surface area contributed by atoms with E-state index in [1.807, 2.05) is 0 Å². The van der Waals surface area contributed by atoms with Crippen molar-refractivity contribution in [3.8, 4) is 0 Å². The average Bonchev–Trinajstić information content (AvgIpc) is 2.57. The Morgan fingerprint density at radius 3 is 2.88 bits per heavy atom. The van der Waals surface area contributed by atoms with Crippen LogP contribution < -0.4 is 0 Å². The Hall–Kier alpha value is -1.24. The van der Waals surface area contributed by atoms with Crippen LogP contribution in [0.25, 0.3) is 0 Å². The zero-order valence-corrected chi connectivity index (χ0v) is 8.76. The quantitative estimate of drug-likeness (QED) is 0.656. The molecule has 0 radical (unpaired) electrons. The van der Waals surface area contributed by atoms with Gasteiger partial charge >= 0.3 is 92.5 Å². The molecule has 1 atom stereocenters. The third-order valence-corrected chi connectivity index (χ3v) is 3.04. The molecular formula is C9H13BN2O4. The van der Waals surface area contributed by atoms with Crippen LogP contribution in [0.1, 0.15) is 19.3 Å². The van der Waals surface area contributed by atoms with Crippen molar-refractivity contribution in [1.82, 2.24) is 4.90 Å². The van der Waals surface area contributed by atoms with E-state index in [0.717, 1.165) is 12.0 Å². The molecule has 16 heavy (non-hydrogen) atoms. The van der Waals surface area contributed by atoms with Gasteiger partial charge in [0.1, 0.15) is 0 Å². The van der Waals surface area contributed by atoms with Crippen LogP contribution in [-0.4, -0.2) is 47.7 Å². The SMILES string of the molecule is N=B[C@H]1COC(=O)N1C(=O)CC1CC(O)C1. The van der Waals surface area contributed by atoms with Crippen molar-refractivity contribution in [3.63, 3.8) is 0 Å². The molecule has 0 bridgehead atoms. The van der Waals surface area contributed by atoms with Gasteiger partial charge in [0.15, 0.2) is 0 Å². The number of cyclic esters (lactones) is 1. The maximum atomic E-state index is 11.8. The minimum atomic E-state index is -0.668. The molecule has 2 fully saturated rings. The monoisotopic (exact) mass is 224 g/mol. The second-order valence-corrected chi connectivity index (χ2v) is 4.27. The molecule has 1 saturated carbocycles. The van der Waals surface area contributed by atoms with Gasteiger partial charge in [0.25, 0.3) is 0 Å². The predicted octanol–water partition coefficient (Wildman–Crippen LogP) is -0.0811. The summed E-state index contributed by atoms with van der Waals surface area (Å²) in [7, 11) is 1.04. The van der Waals surface area contributed by atoms with Gasteiger partial charge in [-0.1, -0.05) is 0 Å². The Morgan fingerprint density at radius 1 is 1.62 bits per heavy atom. The third-order valence-electron chi connectivity index (χ3n) is 3.04. The summed E-state index contributed by atoms with van der Waals surface area (Å²) in [4.78, 5) is 24.0. The zero-order chi connectivity index (χ0) is 11.7. The molecule has 2 aliphatic rings. The van der Waals surface area contributed by atoms with Crippen LogP contribution in [0.15, 0.2) is 0 Å². The van der Waals surface area contributed by atoms with Crippen LogP contribution in [0.4, 0.5) is 4.79 Å². The van der Waals surface area contributed by atoms with Crippen molar-refractivity contribution in [2.24, 2.45) is 5.92 Å². The van der Waals surface area contributed by atoms with E-state index in [-0.39, 0.29) is 31.0 Å². The Morgan fingerprint density at radius 2 is 2.31 bits per heavy atom. The number of hydrogen-bond donors (Lipinski definition) is 2. The summed E-state index contributed by atoms with van der Waals surface area (Å²) in [5.41, 5.74) is 0. The number of carbonyl (C=O) groups excluding carboxylic acids is 2. The predicted molar refractivity (Wildman–Crippen MR) is 53.8 cm³/mol. The second-order valence-electron chi connectivity index (χ2n) is 4.27. The molecule has 2 N–H and O–H groups in total.